The van der Waals surface area contributed by atoms with Crippen LogP contribution in [0.2, 0.25) is 0 Å². The Hall–Kier alpha value is -2.18. The summed E-state index contributed by atoms with van der Waals surface area (Å²) in [7, 11) is 0. The number of esters is 1. The van der Waals surface area contributed by atoms with Gasteiger partial charge in [0.25, 0.3) is 0 Å². The molecule has 0 aromatic heterocycles. The zero-order valence-corrected chi connectivity index (χ0v) is 42.4. The fourth-order valence-electron chi connectivity index (χ4n) is 9.43. The van der Waals surface area contributed by atoms with Crippen LogP contribution in [0.1, 0.15) is 196 Å². The molecular weight excluding hydrogens is 859 g/mol. The van der Waals surface area contributed by atoms with Crippen LogP contribution in [0.15, 0.2) is 28.3 Å². The Bertz CT molecular complexity index is 1380. The first kappa shape index (κ1) is 62.8. The maximum atomic E-state index is 14.3. The van der Waals surface area contributed by atoms with Gasteiger partial charge in [0.1, 0.15) is 6.10 Å². The summed E-state index contributed by atoms with van der Waals surface area (Å²) in [5.74, 6) is -2.42. The molecule has 0 spiro atoms. The normalized spacial score (nSPS) is 35.2. The monoisotopic (exact) mass is 958 g/mol. The first-order valence-electron chi connectivity index (χ1n) is 26.0. The molecular formula is C52H99N3O12. The maximum Gasteiger partial charge on any atom is 0.311 e. The first-order valence-corrected chi connectivity index (χ1v) is 26.0. The molecule has 394 valence electrons. The Kier molecular flexibility index (Phi) is 33.6. The number of carbonyl (C=O) groups excluding carboxylic acids is 1. The number of aliphatic hydroxyl groups excluding tert-OH is 10. The van der Waals surface area contributed by atoms with Crippen LogP contribution in [-0.2, 0) is 9.53 Å². The lowest BCUT2D eigenvalue weighted by Gasteiger charge is -2.34. The summed E-state index contributed by atoms with van der Waals surface area (Å²) in [6, 6.07) is 0. The Morgan fingerprint density at radius 3 is 1.90 bits per heavy atom. The maximum absolute atomic E-state index is 14.3. The molecule has 0 aromatic rings. The third kappa shape index (κ3) is 28.9. The summed E-state index contributed by atoms with van der Waals surface area (Å²) in [5.41, 5.74) is 12.7. The molecule has 1 rings (SSSR count). The fourth-order valence-corrected chi connectivity index (χ4v) is 9.43. The average molecular weight is 958 g/mol. The standard InChI is InChI=1S/C52H99N3O12/c1-7-8-9-10-21-46-49(65)36(4)25-26-40(57)19-13-18-39(56)20-14-22-47(63)35(3)24-27-42(59)31-44(61)33-45(62)32-43(60)30-41(58)17-12-11-16-34(2)29-37(5)50(67-51(46)66)38(6)48(64)23-15-28-55-52(53)54/h24,29,36-50,56-65H,7-23,25-28,30-33H2,1-6H3,(H4,53,54,55)/b34-29+,35-24-/t36-,37+,38-,39-,40+,41+,42+,43+,44-,45+,46+,47+,48-,49+,50-/m1/s1. The third-order valence-electron chi connectivity index (χ3n) is 13.9. The van der Waals surface area contributed by atoms with Crippen LogP contribution in [0.4, 0.5) is 0 Å². The van der Waals surface area contributed by atoms with E-state index in [0.717, 1.165) is 37.7 Å². The number of rotatable bonds is 11. The Labute approximate surface area is 404 Å². The van der Waals surface area contributed by atoms with E-state index in [0.29, 0.717) is 102 Å². The second kappa shape index (κ2) is 35.8. The van der Waals surface area contributed by atoms with E-state index in [4.69, 9.17) is 16.2 Å². The van der Waals surface area contributed by atoms with E-state index in [-0.39, 0.29) is 49.9 Å². The summed E-state index contributed by atoms with van der Waals surface area (Å²) in [6.07, 6.45) is 6.32. The zero-order chi connectivity index (χ0) is 50.5. The lowest BCUT2D eigenvalue weighted by atomic mass is 9.83. The SMILES string of the molecule is CCCCCC[C@@H]1C(=O)O[C@@H]([C@H](C)[C@H](O)CCCN=C(N)N)[C@@H](C)/C=C(\C)CCCC[C@H](O)C[C@H](O)C[C@H](O)C[C@H](O)C[C@@H](O)C/C=C(/C)[C@@H](O)CCC[C@H](O)CCC[C@H](O)CC[C@@H](C)[C@@H]1O. The molecule has 15 nitrogen and oxygen atoms in total. The van der Waals surface area contributed by atoms with Gasteiger partial charge in [0, 0.05) is 18.4 Å². The number of allylic oxidation sites excluding steroid dienone is 1. The van der Waals surface area contributed by atoms with E-state index < -0.39 is 84.9 Å². The summed E-state index contributed by atoms with van der Waals surface area (Å²) in [5, 5.41) is 108. The lowest BCUT2D eigenvalue weighted by molar-refractivity contribution is -0.167. The van der Waals surface area contributed by atoms with E-state index >= 15 is 0 Å². The number of nitrogens with zero attached hydrogens (tertiary/aromatic N) is 1. The topological polar surface area (TPSA) is 293 Å². The Balaban J connectivity index is 3.30. The van der Waals surface area contributed by atoms with Crippen molar-refractivity contribution >= 4 is 11.9 Å². The summed E-state index contributed by atoms with van der Waals surface area (Å²) >= 11 is 0. The summed E-state index contributed by atoms with van der Waals surface area (Å²) < 4.78 is 6.39. The Morgan fingerprint density at radius 1 is 0.716 bits per heavy atom. The minimum atomic E-state index is -1.03. The van der Waals surface area contributed by atoms with Crippen molar-refractivity contribution in [3.8, 4) is 0 Å². The zero-order valence-electron chi connectivity index (χ0n) is 42.4. The lowest BCUT2D eigenvalue weighted by Crippen LogP contribution is -2.42. The molecule has 1 heterocycles. The largest absolute Gasteiger partial charge is 0.461 e. The van der Waals surface area contributed by atoms with E-state index in [2.05, 4.69) is 18.0 Å². The highest BCUT2D eigenvalue weighted by atomic mass is 16.5. The molecule has 0 unspecified atom stereocenters. The smallest absolute Gasteiger partial charge is 0.311 e. The first-order chi connectivity index (χ1) is 31.6. The van der Waals surface area contributed by atoms with E-state index in [1.54, 1.807) is 13.0 Å². The number of nitrogens with two attached hydrogens (primary N) is 2. The van der Waals surface area contributed by atoms with Gasteiger partial charge >= 0.3 is 5.97 Å². The van der Waals surface area contributed by atoms with E-state index in [1.807, 2.05) is 27.7 Å². The molecule has 15 atom stereocenters. The minimum Gasteiger partial charge on any atom is -0.461 e. The molecule has 1 aliphatic heterocycles. The van der Waals surface area contributed by atoms with Gasteiger partial charge in [-0.15, -0.1) is 0 Å². The van der Waals surface area contributed by atoms with Crippen molar-refractivity contribution in [2.75, 3.05) is 6.54 Å². The van der Waals surface area contributed by atoms with Gasteiger partial charge in [-0.05, 0) is 147 Å². The van der Waals surface area contributed by atoms with Crippen LogP contribution in [-0.4, -0.2) is 137 Å². The van der Waals surface area contributed by atoms with Crippen molar-refractivity contribution in [2.45, 2.75) is 263 Å². The highest BCUT2D eigenvalue weighted by molar-refractivity contribution is 5.75. The van der Waals surface area contributed by atoms with Crippen molar-refractivity contribution in [1.29, 1.82) is 0 Å². The van der Waals surface area contributed by atoms with Crippen LogP contribution in [0.25, 0.3) is 0 Å². The summed E-state index contributed by atoms with van der Waals surface area (Å²) in [6.45, 7) is 11.9. The van der Waals surface area contributed by atoms with Crippen molar-refractivity contribution in [1.82, 2.24) is 0 Å². The molecule has 14 N–H and O–H groups in total. The predicted octanol–water partition coefficient (Wildman–Crippen LogP) is 5.59. The van der Waals surface area contributed by atoms with Gasteiger partial charge in [-0.3, -0.25) is 9.79 Å². The van der Waals surface area contributed by atoms with Crippen molar-refractivity contribution < 1.29 is 60.6 Å². The van der Waals surface area contributed by atoms with Gasteiger partial charge in [-0.2, -0.15) is 0 Å². The van der Waals surface area contributed by atoms with Gasteiger partial charge in [-0.25, -0.2) is 0 Å². The second-order valence-electron chi connectivity index (χ2n) is 20.5. The van der Waals surface area contributed by atoms with E-state index in [9.17, 15) is 55.9 Å². The highest BCUT2D eigenvalue weighted by Gasteiger charge is 2.37. The molecule has 0 saturated carbocycles. The molecule has 15 heteroatoms. The quantitative estimate of drug-likeness (QED) is 0.0395. The number of cyclic esters (lactones) is 1. The molecule has 0 radical (unpaired) electrons. The second-order valence-corrected chi connectivity index (χ2v) is 20.5. The van der Waals surface area contributed by atoms with Gasteiger partial charge in [0.15, 0.2) is 5.96 Å². The van der Waals surface area contributed by atoms with Crippen LogP contribution in [0.5, 0.6) is 0 Å². The van der Waals surface area contributed by atoms with Crippen molar-refractivity contribution in [2.24, 2.45) is 40.1 Å². The fraction of sp³-hybridized carbons (Fsp3) is 0.885. The van der Waals surface area contributed by atoms with Crippen LogP contribution >= 0.6 is 0 Å². The third-order valence-corrected chi connectivity index (χ3v) is 13.9. The highest BCUT2D eigenvalue weighted by Crippen LogP contribution is 2.31. The average Bonchev–Trinajstić information content (AvgIpc) is 3.25. The molecule has 0 saturated heterocycles. The Morgan fingerprint density at radius 2 is 1.28 bits per heavy atom. The number of unbranched alkanes of at least 4 members (excludes halogenated alkanes) is 3. The van der Waals surface area contributed by atoms with E-state index in [1.165, 1.54) is 0 Å². The minimum absolute atomic E-state index is 0.0123. The van der Waals surface area contributed by atoms with Gasteiger partial charge < -0.3 is 67.3 Å². The molecule has 0 amide bonds. The van der Waals surface area contributed by atoms with Gasteiger partial charge in [0.2, 0.25) is 0 Å². The van der Waals surface area contributed by atoms with Crippen LogP contribution in [0, 0.1) is 23.7 Å². The predicted molar refractivity (Wildman–Crippen MR) is 266 cm³/mol. The number of aliphatic imine (C=N–C) groups is 1. The van der Waals surface area contributed by atoms with Crippen LogP contribution in [0.3, 0.4) is 0 Å². The van der Waals surface area contributed by atoms with Gasteiger partial charge in [0.05, 0.1) is 67.0 Å². The number of aliphatic hydroxyl groups is 10. The number of ether oxygens (including phenoxy) is 1. The molecule has 67 heavy (non-hydrogen) atoms. The number of hydrogen-bond acceptors (Lipinski definition) is 13. The number of guanidine groups is 1. The molecule has 0 bridgehead atoms. The summed E-state index contributed by atoms with van der Waals surface area (Å²) in [4.78, 5) is 18.3. The molecule has 0 aromatic carbocycles. The molecule has 1 aliphatic rings. The number of carbonyl (C=O) groups is 1. The van der Waals surface area contributed by atoms with Crippen LogP contribution < -0.4 is 11.5 Å². The molecule has 0 aliphatic carbocycles. The van der Waals surface area contributed by atoms with Gasteiger partial charge in [-0.1, -0.05) is 77.5 Å². The van der Waals surface area contributed by atoms with Crippen molar-refractivity contribution in [3.63, 3.8) is 0 Å². The molecule has 0 fully saturated rings. The number of hydrogen-bond donors (Lipinski definition) is 12. The van der Waals surface area contributed by atoms with Crippen molar-refractivity contribution in [3.05, 3.63) is 23.3 Å².